The standard InChI is InChI=1S/C89H174O17P2/c1-8-9-10-11-12-13-14-15-16-17-18-19-20-21-22-23-31-36-43-51-58-65-72-88(93)105-84(76-99-86(91)70-63-56-49-42-35-30-26-24-28-33-39-46-53-60-67-80(2)3)78-103-107(95,96)101-74-83(90)75-102-108(97,98)104-79-85(77-100-87(92)71-64-57-50-45-38-41-48-55-62-69-82(6)7)106-89(94)73-66-59-52-44-37-32-27-25-29-34-40-47-54-61-68-81(4)5/h80-85,90H,8-79H2,1-7H3,(H,95,96)(H,97,98)/t83-,84-,85-/m1/s1. The SMILES string of the molecule is CCCCCCCCCCCCCCCCCCCCCCCCC(=O)O[C@H](COC(=O)CCCCCCCCCCCCCCCCC(C)C)COP(=O)(O)OC[C@@H](O)COP(=O)(O)OC[C@@H](COC(=O)CCCCCCCCCCCC(C)C)OC(=O)CCCCCCCCCCCCCCCCC(C)C. The number of esters is 4. The van der Waals surface area contributed by atoms with Crippen LogP contribution in [0.4, 0.5) is 0 Å². The predicted octanol–water partition coefficient (Wildman–Crippen LogP) is 27.3. The number of phosphoric ester groups is 2. The second-order valence-corrected chi connectivity index (χ2v) is 36.3. The van der Waals surface area contributed by atoms with Crippen LogP contribution in [0.1, 0.15) is 472 Å². The van der Waals surface area contributed by atoms with Crippen LogP contribution in [0.3, 0.4) is 0 Å². The van der Waals surface area contributed by atoms with Gasteiger partial charge in [-0.15, -0.1) is 0 Å². The lowest BCUT2D eigenvalue weighted by molar-refractivity contribution is -0.161. The third-order valence-corrected chi connectivity index (χ3v) is 22.8. The normalized spacial score (nSPS) is 13.8. The number of hydrogen-bond donors (Lipinski definition) is 3. The van der Waals surface area contributed by atoms with Crippen LogP contribution < -0.4 is 0 Å². The van der Waals surface area contributed by atoms with Crippen LogP contribution >= 0.6 is 15.6 Å². The summed E-state index contributed by atoms with van der Waals surface area (Å²) < 4.78 is 69.0. The number of hydrogen-bond acceptors (Lipinski definition) is 15. The summed E-state index contributed by atoms with van der Waals surface area (Å²) in [6.07, 6.45) is 70.9. The number of rotatable bonds is 87. The molecule has 0 amide bonds. The van der Waals surface area contributed by atoms with E-state index in [1.165, 1.54) is 283 Å². The zero-order valence-electron chi connectivity index (χ0n) is 71.3. The maximum atomic E-state index is 13.2. The Bertz CT molecular complexity index is 2080. The van der Waals surface area contributed by atoms with Gasteiger partial charge in [0.25, 0.3) is 0 Å². The van der Waals surface area contributed by atoms with Gasteiger partial charge in [0.1, 0.15) is 19.3 Å². The van der Waals surface area contributed by atoms with E-state index in [9.17, 15) is 43.2 Å². The van der Waals surface area contributed by atoms with Gasteiger partial charge in [-0.05, 0) is 43.4 Å². The van der Waals surface area contributed by atoms with Crippen LogP contribution in [0.5, 0.6) is 0 Å². The maximum Gasteiger partial charge on any atom is 0.472 e. The molecular weight excluding hydrogens is 1400 g/mol. The van der Waals surface area contributed by atoms with Crippen LogP contribution in [0.25, 0.3) is 0 Å². The van der Waals surface area contributed by atoms with E-state index in [0.717, 1.165) is 108 Å². The first-order valence-corrected chi connectivity index (χ1v) is 48.8. The molecule has 0 aliphatic carbocycles. The second kappa shape index (κ2) is 78.9. The highest BCUT2D eigenvalue weighted by Crippen LogP contribution is 2.45. The van der Waals surface area contributed by atoms with Gasteiger partial charge in [-0.3, -0.25) is 37.3 Å². The van der Waals surface area contributed by atoms with E-state index in [-0.39, 0.29) is 25.7 Å². The second-order valence-electron chi connectivity index (χ2n) is 33.4. The quantitative estimate of drug-likeness (QED) is 0.0222. The van der Waals surface area contributed by atoms with Crippen LogP contribution in [0.15, 0.2) is 0 Å². The van der Waals surface area contributed by atoms with Gasteiger partial charge in [-0.1, -0.05) is 421 Å². The zero-order chi connectivity index (χ0) is 79.3. The molecule has 0 saturated carbocycles. The Morgan fingerprint density at radius 3 is 0.630 bits per heavy atom. The molecule has 5 atom stereocenters. The first-order chi connectivity index (χ1) is 52.2. The molecule has 0 saturated heterocycles. The largest absolute Gasteiger partial charge is 0.472 e. The van der Waals surface area contributed by atoms with Crippen molar-refractivity contribution in [1.29, 1.82) is 0 Å². The molecule has 0 aliphatic rings. The fourth-order valence-corrected chi connectivity index (χ4v) is 15.5. The molecule has 0 rings (SSSR count). The zero-order valence-corrected chi connectivity index (χ0v) is 73.1. The van der Waals surface area contributed by atoms with E-state index in [4.69, 9.17) is 37.0 Å². The summed E-state index contributed by atoms with van der Waals surface area (Å²) >= 11 is 0. The molecule has 0 aromatic carbocycles. The fraction of sp³-hybridized carbons (Fsp3) is 0.955. The van der Waals surface area contributed by atoms with E-state index in [0.29, 0.717) is 25.7 Å². The number of unbranched alkanes of at least 4 members (excludes halogenated alkanes) is 55. The Morgan fingerprint density at radius 1 is 0.250 bits per heavy atom. The van der Waals surface area contributed by atoms with E-state index in [1.807, 2.05) is 0 Å². The summed E-state index contributed by atoms with van der Waals surface area (Å²) in [5.74, 6) is 0.237. The van der Waals surface area contributed by atoms with Crippen molar-refractivity contribution in [3.05, 3.63) is 0 Å². The van der Waals surface area contributed by atoms with Gasteiger partial charge in [0.05, 0.1) is 26.4 Å². The first-order valence-electron chi connectivity index (χ1n) is 45.8. The lowest BCUT2D eigenvalue weighted by Crippen LogP contribution is -2.30. The predicted molar refractivity (Wildman–Crippen MR) is 446 cm³/mol. The number of aliphatic hydroxyl groups is 1. The van der Waals surface area contributed by atoms with Crippen molar-refractivity contribution in [2.24, 2.45) is 17.8 Å². The van der Waals surface area contributed by atoms with Gasteiger partial charge in [0.15, 0.2) is 12.2 Å². The molecule has 19 heteroatoms. The van der Waals surface area contributed by atoms with Gasteiger partial charge < -0.3 is 33.8 Å². The van der Waals surface area contributed by atoms with Crippen molar-refractivity contribution < 1.29 is 80.2 Å². The highest BCUT2D eigenvalue weighted by atomic mass is 31.2. The molecule has 0 fully saturated rings. The van der Waals surface area contributed by atoms with Crippen molar-refractivity contribution in [3.63, 3.8) is 0 Å². The topological polar surface area (TPSA) is 237 Å². The number of phosphoric acid groups is 2. The van der Waals surface area contributed by atoms with Crippen LogP contribution in [-0.2, 0) is 65.4 Å². The Balaban J connectivity index is 5.25. The number of aliphatic hydroxyl groups excluding tert-OH is 1. The van der Waals surface area contributed by atoms with Crippen LogP contribution in [-0.4, -0.2) is 96.7 Å². The fourth-order valence-electron chi connectivity index (χ4n) is 13.9. The Morgan fingerprint density at radius 2 is 0.426 bits per heavy atom. The summed E-state index contributed by atoms with van der Waals surface area (Å²) in [4.78, 5) is 73.4. The van der Waals surface area contributed by atoms with Gasteiger partial charge in [0, 0.05) is 25.7 Å². The summed E-state index contributed by atoms with van der Waals surface area (Å²) in [7, 11) is -9.93. The van der Waals surface area contributed by atoms with Crippen LogP contribution in [0, 0.1) is 17.8 Å². The summed E-state index contributed by atoms with van der Waals surface area (Å²) in [6, 6.07) is 0. The number of carbonyl (C=O) groups excluding carboxylic acids is 4. The van der Waals surface area contributed by atoms with Crippen molar-refractivity contribution in [2.75, 3.05) is 39.6 Å². The molecule has 0 bridgehead atoms. The Kier molecular flexibility index (Phi) is 77.5. The lowest BCUT2D eigenvalue weighted by atomic mass is 10.0. The molecule has 642 valence electrons. The van der Waals surface area contributed by atoms with E-state index < -0.39 is 97.5 Å². The van der Waals surface area contributed by atoms with Gasteiger partial charge >= 0.3 is 39.5 Å². The Hall–Kier alpha value is -1.94. The summed E-state index contributed by atoms with van der Waals surface area (Å²) in [5.41, 5.74) is 0. The van der Waals surface area contributed by atoms with E-state index in [2.05, 4.69) is 48.5 Å². The molecule has 108 heavy (non-hydrogen) atoms. The minimum Gasteiger partial charge on any atom is -0.462 e. The molecule has 0 spiro atoms. The lowest BCUT2D eigenvalue weighted by Gasteiger charge is -2.21. The maximum absolute atomic E-state index is 13.2. The minimum absolute atomic E-state index is 0.107. The average molecular weight is 1580 g/mol. The first kappa shape index (κ1) is 106. The molecule has 3 N–H and O–H groups in total. The molecule has 0 heterocycles. The van der Waals surface area contributed by atoms with Crippen molar-refractivity contribution in [1.82, 2.24) is 0 Å². The third kappa shape index (κ3) is 82.1. The van der Waals surface area contributed by atoms with Crippen molar-refractivity contribution >= 4 is 39.5 Å². The molecule has 0 radical (unpaired) electrons. The number of ether oxygens (including phenoxy) is 4. The highest BCUT2D eigenvalue weighted by Gasteiger charge is 2.31. The Labute approximate surface area is 664 Å². The van der Waals surface area contributed by atoms with Gasteiger partial charge in [-0.2, -0.15) is 0 Å². The number of carbonyl (C=O) groups is 4. The summed E-state index contributed by atoms with van der Waals surface area (Å²) in [5, 5.41) is 10.7. The molecular formula is C89H174O17P2. The molecule has 0 aliphatic heterocycles. The minimum atomic E-state index is -4.97. The highest BCUT2D eigenvalue weighted by molar-refractivity contribution is 7.47. The monoisotopic (exact) mass is 1580 g/mol. The third-order valence-electron chi connectivity index (χ3n) is 20.9. The van der Waals surface area contributed by atoms with E-state index >= 15 is 0 Å². The van der Waals surface area contributed by atoms with Crippen molar-refractivity contribution in [2.45, 2.75) is 491 Å². The molecule has 0 aromatic heterocycles. The smallest absolute Gasteiger partial charge is 0.462 e. The van der Waals surface area contributed by atoms with Gasteiger partial charge in [-0.25, -0.2) is 9.13 Å². The van der Waals surface area contributed by atoms with E-state index in [1.54, 1.807) is 0 Å². The molecule has 0 aromatic rings. The molecule has 17 nitrogen and oxygen atoms in total. The molecule has 2 unspecified atom stereocenters. The van der Waals surface area contributed by atoms with Crippen molar-refractivity contribution in [3.8, 4) is 0 Å². The van der Waals surface area contributed by atoms with Crippen LogP contribution in [0.2, 0.25) is 0 Å². The average Bonchev–Trinajstić information content (AvgIpc) is 0.900. The van der Waals surface area contributed by atoms with Gasteiger partial charge in [0.2, 0.25) is 0 Å². The summed E-state index contributed by atoms with van der Waals surface area (Å²) in [6.45, 7) is 12.0.